The van der Waals surface area contributed by atoms with Crippen LogP contribution in [-0.4, -0.2) is 0 Å². The predicted octanol–water partition coefficient (Wildman–Crippen LogP) is 5.84. The largest absolute Gasteiger partial charge is 0.0646 e. The third-order valence-electron chi connectivity index (χ3n) is 5.46. The van der Waals surface area contributed by atoms with Gasteiger partial charge in [0.05, 0.1) is 0 Å². The molecule has 1 aliphatic rings. The van der Waals surface area contributed by atoms with Crippen LogP contribution in [0.3, 0.4) is 0 Å². The number of benzene rings is 1. The monoisotopic (exact) mass is 258 g/mol. The molecule has 1 fully saturated rings. The van der Waals surface area contributed by atoms with Crippen molar-refractivity contribution in [2.24, 2.45) is 5.92 Å². The minimum atomic E-state index is 0.303. The van der Waals surface area contributed by atoms with E-state index in [1.165, 1.54) is 43.2 Å². The average Bonchev–Trinajstić information content (AvgIpc) is 3.22. The molecule has 1 aliphatic carbocycles. The Bertz CT molecular complexity index is 408. The van der Waals surface area contributed by atoms with Crippen LogP contribution in [-0.2, 0) is 10.8 Å². The Balaban J connectivity index is 2.20. The molecule has 106 valence electrons. The van der Waals surface area contributed by atoms with Gasteiger partial charge in [-0.3, -0.25) is 0 Å². The molecule has 2 rings (SSSR count). The topological polar surface area (TPSA) is 0 Å². The lowest BCUT2D eigenvalue weighted by Crippen LogP contribution is -2.22. The summed E-state index contributed by atoms with van der Waals surface area (Å²) >= 11 is 0. The molecule has 0 bridgehead atoms. The van der Waals surface area contributed by atoms with Gasteiger partial charge < -0.3 is 0 Å². The molecule has 0 aliphatic heterocycles. The van der Waals surface area contributed by atoms with Gasteiger partial charge >= 0.3 is 0 Å². The molecule has 0 N–H and O–H groups in total. The van der Waals surface area contributed by atoms with Crippen molar-refractivity contribution in [1.29, 1.82) is 0 Å². The molecular formula is C19H30. The Labute approximate surface area is 119 Å². The molecule has 0 spiro atoms. The van der Waals surface area contributed by atoms with Gasteiger partial charge in [-0.05, 0) is 47.1 Å². The molecule has 1 saturated carbocycles. The Morgan fingerprint density at radius 1 is 0.895 bits per heavy atom. The third-order valence-corrected chi connectivity index (χ3v) is 5.46. The van der Waals surface area contributed by atoms with Crippen molar-refractivity contribution in [2.75, 3.05) is 0 Å². The summed E-state index contributed by atoms with van der Waals surface area (Å²) in [4.78, 5) is 0. The summed E-state index contributed by atoms with van der Waals surface area (Å²) in [7, 11) is 0. The number of hydrogen-bond donors (Lipinski definition) is 0. The molecule has 0 aromatic heterocycles. The van der Waals surface area contributed by atoms with Crippen molar-refractivity contribution in [3.05, 3.63) is 35.4 Å². The van der Waals surface area contributed by atoms with Crippen LogP contribution in [0.4, 0.5) is 0 Å². The summed E-state index contributed by atoms with van der Waals surface area (Å²) in [5, 5.41) is 0. The van der Waals surface area contributed by atoms with Gasteiger partial charge in [-0.2, -0.15) is 0 Å². The smallest absolute Gasteiger partial charge is 0.00752 e. The van der Waals surface area contributed by atoms with Gasteiger partial charge in [-0.25, -0.2) is 0 Å². The van der Waals surface area contributed by atoms with E-state index in [0.717, 1.165) is 5.92 Å². The normalized spacial score (nSPS) is 19.2. The van der Waals surface area contributed by atoms with E-state index < -0.39 is 0 Å². The van der Waals surface area contributed by atoms with Crippen molar-refractivity contribution in [1.82, 2.24) is 0 Å². The van der Waals surface area contributed by atoms with Gasteiger partial charge in [0.25, 0.3) is 0 Å². The highest BCUT2D eigenvalue weighted by Crippen LogP contribution is 2.43. The molecule has 0 saturated heterocycles. The predicted molar refractivity (Wildman–Crippen MR) is 84.7 cm³/mol. The first-order valence-electron chi connectivity index (χ1n) is 8.02. The molecule has 1 aromatic carbocycles. The molecule has 19 heavy (non-hydrogen) atoms. The van der Waals surface area contributed by atoms with Crippen LogP contribution in [0.25, 0.3) is 0 Å². The van der Waals surface area contributed by atoms with Crippen molar-refractivity contribution >= 4 is 0 Å². The summed E-state index contributed by atoms with van der Waals surface area (Å²) < 4.78 is 0. The van der Waals surface area contributed by atoms with Gasteiger partial charge in [-0.1, -0.05) is 71.7 Å². The molecule has 0 nitrogen and oxygen atoms in total. The number of hydrogen-bond acceptors (Lipinski definition) is 0. The van der Waals surface area contributed by atoms with Crippen LogP contribution in [0.1, 0.15) is 77.8 Å². The van der Waals surface area contributed by atoms with Gasteiger partial charge in [0.1, 0.15) is 0 Å². The van der Waals surface area contributed by atoms with Crippen LogP contribution in [0.5, 0.6) is 0 Å². The zero-order valence-corrected chi connectivity index (χ0v) is 13.4. The highest BCUT2D eigenvalue weighted by atomic mass is 14.4. The molecule has 0 amide bonds. The van der Waals surface area contributed by atoms with Crippen LogP contribution in [0.2, 0.25) is 0 Å². The SMILES string of the molecule is CCC(C)(C)c1ccc(C(C)(CC)CC2CC2)cc1. The summed E-state index contributed by atoms with van der Waals surface area (Å²) in [6.45, 7) is 11.7. The Morgan fingerprint density at radius 3 is 1.84 bits per heavy atom. The Morgan fingerprint density at radius 2 is 1.42 bits per heavy atom. The minimum Gasteiger partial charge on any atom is -0.0646 e. The molecule has 1 aromatic rings. The fraction of sp³-hybridized carbons (Fsp3) is 0.684. The quantitative estimate of drug-likeness (QED) is 0.601. The highest BCUT2D eigenvalue weighted by Gasteiger charge is 2.33. The molecule has 0 radical (unpaired) electrons. The first kappa shape index (κ1) is 14.6. The van der Waals surface area contributed by atoms with Crippen LogP contribution < -0.4 is 0 Å². The molecule has 1 atom stereocenters. The first-order valence-corrected chi connectivity index (χ1v) is 8.02. The zero-order valence-electron chi connectivity index (χ0n) is 13.4. The van der Waals surface area contributed by atoms with Gasteiger partial charge in [0.15, 0.2) is 0 Å². The van der Waals surface area contributed by atoms with E-state index >= 15 is 0 Å². The maximum absolute atomic E-state index is 2.45. The fourth-order valence-corrected chi connectivity index (χ4v) is 2.95. The molecular weight excluding hydrogens is 228 g/mol. The fourth-order valence-electron chi connectivity index (χ4n) is 2.95. The molecule has 1 unspecified atom stereocenters. The van der Waals surface area contributed by atoms with E-state index in [9.17, 15) is 0 Å². The zero-order chi connectivity index (χ0) is 14.1. The molecule has 0 heteroatoms. The standard InChI is InChI=1S/C19H30/c1-6-18(3,4)16-10-12-17(13-11-16)19(5,7-2)14-15-8-9-15/h10-13,15H,6-9,14H2,1-5H3. The van der Waals surface area contributed by atoms with Crippen LogP contribution in [0, 0.1) is 5.92 Å². The average molecular weight is 258 g/mol. The maximum Gasteiger partial charge on any atom is -0.00752 e. The first-order chi connectivity index (χ1) is 8.91. The van der Waals surface area contributed by atoms with Gasteiger partial charge in [0, 0.05) is 0 Å². The lowest BCUT2D eigenvalue weighted by molar-refractivity contribution is 0.393. The second-order valence-electron chi connectivity index (χ2n) is 7.38. The second-order valence-corrected chi connectivity index (χ2v) is 7.38. The molecule has 0 heterocycles. The van der Waals surface area contributed by atoms with E-state index in [0.29, 0.717) is 10.8 Å². The summed E-state index contributed by atoms with van der Waals surface area (Å²) in [5.41, 5.74) is 3.70. The Hall–Kier alpha value is -0.780. The maximum atomic E-state index is 2.45. The van der Waals surface area contributed by atoms with E-state index in [-0.39, 0.29) is 0 Å². The summed E-state index contributed by atoms with van der Waals surface area (Å²) in [6.07, 6.45) is 6.73. The lowest BCUT2D eigenvalue weighted by Gasteiger charge is -2.30. The van der Waals surface area contributed by atoms with E-state index in [2.05, 4.69) is 58.9 Å². The van der Waals surface area contributed by atoms with Gasteiger partial charge in [0.2, 0.25) is 0 Å². The summed E-state index contributed by atoms with van der Waals surface area (Å²) in [6, 6.07) is 9.50. The van der Waals surface area contributed by atoms with Crippen molar-refractivity contribution in [3.8, 4) is 0 Å². The van der Waals surface area contributed by atoms with E-state index in [1.54, 1.807) is 0 Å². The van der Waals surface area contributed by atoms with E-state index in [4.69, 9.17) is 0 Å². The lowest BCUT2D eigenvalue weighted by atomic mass is 9.74. The van der Waals surface area contributed by atoms with Crippen LogP contribution in [0.15, 0.2) is 24.3 Å². The van der Waals surface area contributed by atoms with Crippen LogP contribution >= 0.6 is 0 Å². The van der Waals surface area contributed by atoms with E-state index in [1.807, 2.05) is 0 Å². The highest BCUT2D eigenvalue weighted by molar-refractivity contribution is 5.32. The number of rotatable bonds is 6. The summed E-state index contributed by atoms with van der Waals surface area (Å²) in [5.74, 6) is 0.997. The van der Waals surface area contributed by atoms with Gasteiger partial charge in [-0.15, -0.1) is 0 Å². The Kier molecular flexibility index (Phi) is 4.08. The second kappa shape index (κ2) is 5.31. The van der Waals surface area contributed by atoms with Crippen molar-refractivity contribution < 1.29 is 0 Å². The van der Waals surface area contributed by atoms with Crippen molar-refractivity contribution in [2.45, 2.75) is 77.6 Å². The van der Waals surface area contributed by atoms with Crippen molar-refractivity contribution in [3.63, 3.8) is 0 Å². The minimum absolute atomic E-state index is 0.303. The third kappa shape index (κ3) is 3.22.